The average molecular weight is 338 g/mol. The Labute approximate surface area is 141 Å². The van der Waals surface area contributed by atoms with Gasteiger partial charge < -0.3 is 14.4 Å². The van der Waals surface area contributed by atoms with Crippen molar-refractivity contribution >= 4 is 12.1 Å². The second-order valence-electron chi connectivity index (χ2n) is 5.53. The van der Waals surface area contributed by atoms with Gasteiger partial charge in [-0.05, 0) is 32.1 Å². The van der Waals surface area contributed by atoms with Gasteiger partial charge in [0, 0.05) is 44.0 Å². The minimum atomic E-state index is -1.91. The van der Waals surface area contributed by atoms with Crippen LogP contribution in [-0.4, -0.2) is 53.8 Å². The number of hydrogen-bond acceptors (Lipinski definition) is 5. The van der Waals surface area contributed by atoms with Crippen LogP contribution in [0.25, 0.3) is 0 Å². The molecule has 2 aliphatic heterocycles. The van der Waals surface area contributed by atoms with E-state index in [1.165, 1.54) is 4.90 Å². The van der Waals surface area contributed by atoms with E-state index in [2.05, 4.69) is 0 Å². The van der Waals surface area contributed by atoms with Gasteiger partial charge in [-0.3, -0.25) is 4.90 Å². The highest BCUT2D eigenvalue weighted by Gasteiger charge is 2.43. The van der Waals surface area contributed by atoms with Crippen molar-refractivity contribution < 1.29 is 23.5 Å². The maximum atomic E-state index is 14.6. The highest BCUT2D eigenvalue weighted by atomic mass is 19.1. The molecule has 2 heterocycles. The van der Waals surface area contributed by atoms with E-state index in [-0.39, 0.29) is 19.4 Å². The molecule has 1 fully saturated rings. The number of piperidine rings is 1. The van der Waals surface area contributed by atoms with Crippen molar-refractivity contribution in [3.63, 3.8) is 0 Å². The molecule has 24 heavy (non-hydrogen) atoms. The molecule has 0 aliphatic carbocycles. The molecule has 0 aromatic rings. The van der Waals surface area contributed by atoms with Crippen LogP contribution in [0.4, 0.5) is 9.18 Å². The normalized spacial score (nSPS) is 19.5. The number of esters is 1. The number of halogens is 1. The molecule has 7 heteroatoms. The molecule has 0 atom stereocenters. The summed E-state index contributed by atoms with van der Waals surface area (Å²) < 4.78 is 24.4. The molecule has 0 bridgehead atoms. The molecule has 1 amide bonds. The van der Waals surface area contributed by atoms with E-state index >= 15 is 0 Å². The maximum Gasteiger partial charge on any atom is 0.417 e. The molecule has 2 rings (SSSR count). The lowest BCUT2D eigenvalue weighted by Gasteiger charge is -2.36. The number of ether oxygens (including phenoxy) is 2. The Morgan fingerprint density at radius 3 is 2.46 bits per heavy atom. The predicted octanol–water partition coefficient (Wildman–Crippen LogP) is 2.74. The van der Waals surface area contributed by atoms with Crippen LogP contribution >= 0.6 is 0 Å². The minimum absolute atomic E-state index is 0.0856. The standard InChI is InChI=1S/C17H23FN2O4/c1-3-23-15(21)17(18)8-12-19(13-9-17)14-6-5-10-20(11-7-14)16(22)24-4-2/h5-7,10-11H,3-4,8-9,12-13H2,1-2H3. The van der Waals surface area contributed by atoms with E-state index < -0.39 is 17.7 Å². The fourth-order valence-electron chi connectivity index (χ4n) is 2.61. The zero-order chi connectivity index (χ0) is 17.6. The van der Waals surface area contributed by atoms with E-state index in [9.17, 15) is 14.0 Å². The molecule has 0 aromatic carbocycles. The summed E-state index contributed by atoms with van der Waals surface area (Å²) in [6.07, 6.45) is 8.26. The average Bonchev–Trinajstić information content (AvgIpc) is 2.82. The Morgan fingerprint density at radius 1 is 1.17 bits per heavy atom. The molecule has 1 saturated heterocycles. The molecule has 0 unspecified atom stereocenters. The molecule has 2 aliphatic rings. The van der Waals surface area contributed by atoms with Crippen LogP contribution in [-0.2, 0) is 14.3 Å². The van der Waals surface area contributed by atoms with Gasteiger partial charge in [0.15, 0.2) is 0 Å². The van der Waals surface area contributed by atoms with Crippen LogP contribution < -0.4 is 0 Å². The number of likely N-dealkylation sites (tertiary alicyclic amines) is 1. The zero-order valence-electron chi connectivity index (χ0n) is 14.0. The minimum Gasteiger partial charge on any atom is -0.464 e. The van der Waals surface area contributed by atoms with Crippen molar-refractivity contribution in [3.8, 4) is 0 Å². The zero-order valence-corrected chi connectivity index (χ0v) is 14.0. The SMILES string of the molecule is CCOC(=O)N1C=CC=C(N2CCC(F)(C(=O)OCC)CC2)C=C1. The number of carbonyl (C=O) groups is 2. The summed E-state index contributed by atoms with van der Waals surface area (Å²) in [7, 11) is 0. The Hall–Kier alpha value is -2.31. The summed E-state index contributed by atoms with van der Waals surface area (Å²) in [5.74, 6) is -0.775. The summed E-state index contributed by atoms with van der Waals surface area (Å²) in [5, 5.41) is 0. The van der Waals surface area contributed by atoms with E-state index in [0.717, 1.165) is 5.70 Å². The quantitative estimate of drug-likeness (QED) is 0.738. The Bertz CT molecular complexity index is 563. The first kappa shape index (κ1) is 18.0. The van der Waals surface area contributed by atoms with Crippen LogP contribution in [0, 0.1) is 0 Å². The molecule has 0 N–H and O–H groups in total. The molecular formula is C17H23FN2O4. The third kappa shape index (κ3) is 4.15. The molecule has 0 aromatic heterocycles. The number of alkyl halides is 1. The fourth-order valence-corrected chi connectivity index (χ4v) is 2.61. The van der Waals surface area contributed by atoms with Crippen molar-refractivity contribution in [1.29, 1.82) is 0 Å². The smallest absolute Gasteiger partial charge is 0.417 e. The third-order valence-electron chi connectivity index (χ3n) is 3.96. The van der Waals surface area contributed by atoms with E-state index in [4.69, 9.17) is 9.47 Å². The monoisotopic (exact) mass is 338 g/mol. The summed E-state index contributed by atoms with van der Waals surface area (Å²) >= 11 is 0. The number of allylic oxidation sites excluding steroid dienone is 3. The lowest BCUT2D eigenvalue weighted by molar-refractivity contribution is -0.160. The number of amides is 1. The topological polar surface area (TPSA) is 59.1 Å². The van der Waals surface area contributed by atoms with Gasteiger partial charge in [0.2, 0.25) is 5.67 Å². The van der Waals surface area contributed by atoms with Gasteiger partial charge in [-0.1, -0.05) is 0 Å². The van der Waals surface area contributed by atoms with Crippen molar-refractivity contribution in [2.75, 3.05) is 26.3 Å². The van der Waals surface area contributed by atoms with Gasteiger partial charge in [0.1, 0.15) is 0 Å². The molecule has 132 valence electrons. The summed E-state index contributed by atoms with van der Waals surface area (Å²) in [6, 6.07) is 0. The van der Waals surface area contributed by atoms with E-state index in [1.807, 2.05) is 11.0 Å². The summed E-state index contributed by atoms with van der Waals surface area (Å²) in [5.41, 5.74) is -1.06. The lowest BCUT2D eigenvalue weighted by Crippen LogP contribution is -2.46. The maximum absolute atomic E-state index is 14.6. The molecule has 0 saturated carbocycles. The van der Waals surface area contributed by atoms with E-state index in [1.54, 1.807) is 38.4 Å². The Morgan fingerprint density at radius 2 is 1.83 bits per heavy atom. The second kappa shape index (κ2) is 7.99. The van der Waals surface area contributed by atoms with Crippen LogP contribution in [0.15, 0.2) is 36.3 Å². The van der Waals surface area contributed by atoms with Crippen molar-refractivity contribution in [2.24, 2.45) is 0 Å². The van der Waals surface area contributed by atoms with Gasteiger partial charge in [-0.25, -0.2) is 14.0 Å². The van der Waals surface area contributed by atoms with Crippen molar-refractivity contribution in [2.45, 2.75) is 32.4 Å². The largest absolute Gasteiger partial charge is 0.464 e. The fraction of sp³-hybridized carbons (Fsp3) is 0.529. The first-order valence-electron chi connectivity index (χ1n) is 8.13. The number of hydrogen-bond donors (Lipinski definition) is 0. The third-order valence-corrected chi connectivity index (χ3v) is 3.96. The van der Waals surface area contributed by atoms with Crippen molar-refractivity contribution in [3.05, 3.63) is 36.3 Å². The molecular weight excluding hydrogens is 315 g/mol. The van der Waals surface area contributed by atoms with Crippen LogP contribution in [0.5, 0.6) is 0 Å². The van der Waals surface area contributed by atoms with Gasteiger partial charge in [0.05, 0.1) is 13.2 Å². The van der Waals surface area contributed by atoms with Gasteiger partial charge in [-0.15, -0.1) is 0 Å². The summed E-state index contributed by atoms with van der Waals surface area (Å²) in [4.78, 5) is 26.8. The Balaban J connectivity index is 1.96. The lowest BCUT2D eigenvalue weighted by atomic mass is 9.93. The second-order valence-corrected chi connectivity index (χ2v) is 5.53. The molecule has 0 radical (unpaired) electrons. The van der Waals surface area contributed by atoms with Gasteiger partial charge >= 0.3 is 12.1 Å². The number of rotatable bonds is 4. The van der Waals surface area contributed by atoms with Gasteiger partial charge in [0.25, 0.3) is 0 Å². The van der Waals surface area contributed by atoms with Crippen LogP contribution in [0.3, 0.4) is 0 Å². The van der Waals surface area contributed by atoms with Crippen LogP contribution in [0.2, 0.25) is 0 Å². The molecule has 6 nitrogen and oxygen atoms in total. The molecule has 0 spiro atoms. The first-order chi connectivity index (χ1) is 11.5. The highest BCUT2D eigenvalue weighted by molar-refractivity contribution is 5.79. The van der Waals surface area contributed by atoms with Crippen molar-refractivity contribution in [1.82, 2.24) is 9.80 Å². The number of carbonyl (C=O) groups excluding carboxylic acids is 2. The number of nitrogens with zero attached hydrogens (tertiary/aromatic N) is 2. The predicted molar refractivity (Wildman–Crippen MR) is 86.5 cm³/mol. The summed E-state index contributed by atoms with van der Waals surface area (Å²) in [6.45, 7) is 4.69. The first-order valence-corrected chi connectivity index (χ1v) is 8.13. The Kier molecular flexibility index (Phi) is 6.00. The highest BCUT2D eigenvalue weighted by Crippen LogP contribution is 2.30. The van der Waals surface area contributed by atoms with E-state index in [0.29, 0.717) is 19.7 Å². The van der Waals surface area contributed by atoms with Crippen LogP contribution in [0.1, 0.15) is 26.7 Å². The van der Waals surface area contributed by atoms with Gasteiger partial charge in [-0.2, -0.15) is 0 Å².